The molecular weight excluding hydrogens is 384 g/mol. The van der Waals surface area contributed by atoms with Crippen LogP contribution >= 0.6 is 0 Å². The molecule has 1 N–H and O–H groups in total. The summed E-state index contributed by atoms with van der Waals surface area (Å²) in [5.41, 5.74) is 8.73. The first-order valence-electron chi connectivity index (χ1n) is 10.9. The average Bonchev–Trinajstić information content (AvgIpc) is 3.22. The van der Waals surface area contributed by atoms with Gasteiger partial charge < -0.3 is 9.72 Å². The van der Waals surface area contributed by atoms with Gasteiger partial charge in [0.05, 0.1) is 18.1 Å². The highest BCUT2D eigenvalue weighted by atomic mass is 16.5. The number of hydrogen-bond acceptors (Lipinski definition) is 3. The quantitative estimate of drug-likeness (QED) is 0.348. The van der Waals surface area contributed by atoms with Crippen molar-refractivity contribution in [2.75, 3.05) is 7.11 Å². The lowest BCUT2D eigenvalue weighted by atomic mass is 9.92. The summed E-state index contributed by atoms with van der Waals surface area (Å²) in [6.45, 7) is 4.39. The summed E-state index contributed by atoms with van der Waals surface area (Å²) in [4.78, 5) is 19.5. The fourth-order valence-electron chi connectivity index (χ4n) is 4.01. The molecule has 0 aliphatic heterocycles. The van der Waals surface area contributed by atoms with Crippen molar-refractivity contribution in [3.63, 3.8) is 0 Å². The molecule has 0 aliphatic rings. The molecule has 4 heteroatoms. The Kier molecular flexibility index (Phi) is 6.17. The zero-order valence-electron chi connectivity index (χ0n) is 18.4. The molecule has 4 nitrogen and oxygen atoms in total. The van der Waals surface area contributed by atoms with Crippen LogP contribution in [0.3, 0.4) is 0 Å². The van der Waals surface area contributed by atoms with Gasteiger partial charge in [0.15, 0.2) is 0 Å². The van der Waals surface area contributed by atoms with E-state index in [0.29, 0.717) is 0 Å². The van der Waals surface area contributed by atoms with E-state index < -0.39 is 5.97 Å². The Hall–Kier alpha value is -3.40. The number of benzene rings is 3. The molecule has 0 fully saturated rings. The number of H-pyrrole nitrogens is 1. The van der Waals surface area contributed by atoms with Crippen LogP contribution in [0.15, 0.2) is 60.7 Å². The lowest BCUT2D eigenvalue weighted by molar-refractivity contribution is 0.0588. The second-order valence-corrected chi connectivity index (χ2v) is 7.89. The monoisotopic (exact) mass is 412 g/mol. The summed E-state index contributed by atoms with van der Waals surface area (Å²) in [5.74, 6) is -0.246. The maximum Gasteiger partial charge on any atom is 0.374 e. The van der Waals surface area contributed by atoms with Crippen LogP contribution in [0, 0.1) is 0 Å². The van der Waals surface area contributed by atoms with Crippen LogP contribution in [-0.4, -0.2) is 23.0 Å². The van der Waals surface area contributed by atoms with Crippen LogP contribution in [0.2, 0.25) is 0 Å². The van der Waals surface area contributed by atoms with E-state index in [0.717, 1.165) is 59.0 Å². The molecule has 0 atom stereocenters. The Morgan fingerprint density at radius 2 is 1.35 bits per heavy atom. The smallest absolute Gasteiger partial charge is 0.374 e. The first-order chi connectivity index (χ1) is 15.1. The minimum Gasteiger partial charge on any atom is -0.463 e. The molecule has 3 aromatic carbocycles. The minimum absolute atomic E-state index is 0.220. The molecule has 1 aromatic heterocycles. The van der Waals surface area contributed by atoms with E-state index in [9.17, 15) is 4.79 Å². The minimum atomic E-state index is -0.466. The molecule has 4 rings (SSSR count). The third kappa shape index (κ3) is 4.38. The number of carbonyl (C=O) groups excluding carboxylic acids is 1. The Morgan fingerprint density at radius 1 is 0.839 bits per heavy atom. The van der Waals surface area contributed by atoms with Gasteiger partial charge >= 0.3 is 5.97 Å². The predicted octanol–water partition coefficient (Wildman–Crippen LogP) is 6.59. The topological polar surface area (TPSA) is 55.0 Å². The summed E-state index contributed by atoms with van der Waals surface area (Å²) in [6, 6.07) is 21.6. The molecule has 4 aromatic rings. The summed E-state index contributed by atoms with van der Waals surface area (Å²) in [6.07, 6.45) is 4.41. The number of rotatable bonds is 7. The number of carbonyl (C=O) groups is 1. The first kappa shape index (κ1) is 20.9. The van der Waals surface area contributed by atoms with E-state index in [1.165, 1.54) is 18.2 Å². The molecule has 31 heavy (non-hydrogen) atoms. The van der Waals surface area contributed by atoms with Gasteiger partial charge in [-0.25, -0.2) is 9.78 Å². The van der Waals surface area contributed by atoms with Crippen molar-refractivity contribution in [1.82, 2.24) is 9.97 Å². The molecule has 0 spiro atoms. The SMILES string of the molecule is CCCc1ccc(-c2cc3nc(C(=O)OC)[nH]c3cc2-c2ccc(CCC)cc2)cc1. The zero-order chi connectivity index (χ0) is 21.8. The van der Waals surface area contributed by atoms with Gasteiger partial charge in [0.1, 0.15) is 0 Å². The van der Waals surface area contributed by atoms with E-state index in [2.05, 4.69) is 84.5 Å². The molecule has 0 bridgehead atoms. The van der Waals surface area contributed by atoms with Crippen LogP contribution in [0.1, 0.15) is 48.4 Å². The van der Waals surface area contributed by atoms with E-state index in [4.69, 9.17) is 4.74 Å². The molecule has 0 amide bonds. The molecule has 0 saturated heterocycles. The number of aryl methyl sites for hydroxylation is 2. The normalized spacial score (nSPS) is 11.1. The van der Waals surface area contributed by atoms with Gasteiger partial charge in [-0.15, -0.1) is 0 Å². The van der Waals surface area contributed by atoms with E-state index >= 15 is 0 Å². The number of imidazole rings is 1. The van der Waals surface area contributed by atoms with E-state index in [1.807, 2.05) is 0 Å². The number of fused-ring (bicyclic) bond motifs is 1. The van der Waals surface area contributed by atoms with E-state index in [1.54, 1.807) is 0 Å². The molecule has 0 saturated carbocycles. The van der Waals surface area contributed by atoms with Crippen molar-refractivity contribution >= 4 is 17.0 Å². The van der Waals surface area contributed by atoms with Crippen molar-refractivity contribution in [3.8, 4) is 22.3 Å². The van der Waals surface area contributed by atoms with Crippen LogP contribution < -0.4 is 0 Å². The van der Waals surface area contributed by atoms with Gasteiger partial charge in [-0.1, -0.05) is 75.2 Å². The highest BCUT2D eigenvalue weighted by Crippen LogP contribution is 2.35. The summed E-state index contributed by atoms with van der Waals surface area (Å²) >= 11 is 0. The maximum atomic E-state index is 12.0. The number of aromatic nitrogens is 2. The van der Waals surface area contributed by atoms with Gasteiger partial charge in [0.2, 0.25) is 5.82 Å². The van der Waals surface area contributed by atoms with Crippen LogP contribution in [0.5, 0.6) is 0 Å². The number of aromatic amines is 1. The van der Waals surface area contributed by atoms with Gasteiger partial charge in [-0.2, -0.15) is 0 Å². The summed E-state index contributed by atoms with van der Waals surface area (Å²) in [7, 11) is 1.36. The zero-order valence-corrected chi connectivity index (χ0v) is 18.4. The highest BCUT2D eigenvalue weighted by Gasteiger charge is 2.16. The largest absolute Gasteiger partial charge is 0.463 e. The summed E-state index contributed by atoms with van der Waals surface area (Å²) < 4.78 is 4.84. The standard InChI is InChI=1S/C27H28N2O2/c1-4-6-18-8-12-20(13-9-18)22-16-24-25(29-26(28-24)27(30)31-3)17-23(22)21-14-10-19(7-5-2)11-15-21/h8-17H,4-7H2,1-3H3,(H,28,29). The van der Waals surface area contributed by atoms with Crippen molar-refractivity contribution < 1.29 is 9.53 Å². The Balaban J connectivity index is 1.86. The molecule has 0 aliphatic carbocycles. The van der Waals surface area contributed by atoms with Crippen LogP contribution in [0.4, 0.5) is 0 Å². The molecule has 158 valence electrons. The Labute approximate surface area is 183 Å². The number of hydrogen-bond donors (Lipinski definition) is 1. The summed E-state index contributed by atoms with van der Waals surface area (Å²) in [5, 5.41) is 0. The van der Waals surface area contributed by atoms with Crippen LogP contribution in [-0.2, 0) is 17.6 Å². The lowest BCUT2D eigenvalue weighted by Crippen LogP contribution is -2.02. The third-order valence-electron chi connectivity index (χ3n) is 5.61. The highest BCUT2D eigenvalue weighted by molar-refractivity contribution is 5.96. The number of nitrogens with zero attached hydrogens (tertiary/aromatic N) is 1. The van der Waals surface area contributed by atoms with Gasteiger partial charge in [-0.05, 0) is 58.4 Å². The fourth-order valence-corrected chi connectivity index (χ4v) is 4.01. The maximum absolute atomic E-state index is 12.0. The Morgan fingerprint density at radius 3 is 1.84 bits per heavy atom. The van der Waals surface area contributed by atoms with Crippen molar-refractivity contribution in [3.05, 3.63) is 77.6 Å². The molecule has 0 unspecified atom stereocenters. The van der Waals surface area contributed by atoms with Gasteiger partial charge in [0.25, 0.3) is 0 Å². The molecule has 1 heterocycles. The Bertz CT molecular complexity index is 1100. The van der Waals surface area contributed by atoms with Crippen molar-refractivity contribution in [2.45, 2.75) is 39.5 Å². The van der Waals surface area contributed by atoms with Crippen molar-refractivity contribution in [2.24, 2.45) is 0 Å². The third-order valence-corrected chi connectivity index (χ3v) is 5.61. The second-order valence-electron chi connectivity index (χ2n) is 7.89. The second kappa shape index (κ2) is 9.17. The number of esters is 1. The number of methoxy groups -OCH3 is 1. The number of nitrogens with one attached hydrogen (secondary N) is 1. The van der Waals surface area contributed by atoms with Crippen molar-refractivity contribution in [1.29, 1.82) is 0 Å². The van der Waals surface area contributed by atoms with Gasteiger partial charge in [0, 0.05) is 0 Å². The number of ether oxygens (including phenoxy) is 1. The average molecular weight is 413 g/mol. The van der Waals surface area contributed by atoms with Gasteiger partial charge in [-0.3, -0.25) is 0 Å². The first-order valence-corrected chi connectivity index (χ1v) is 10.9. The molecule has 0 radical (unpaired) electrons. The van der Waals surface area contributed by atoms with Crippen LogP contribution in [0.25, 0.3) is 33.3 Å². The fraction of sp³-hybridized carbons (Fsp3) is 0.259. The van der Waals surface area contributed by atoms with E-state index in [-0.39, 0.29) is 5.82 Å². The predicted molar refractivity (Wildman–Crippen MR) is 126 cm³/mol. The molecular formula is C27H28N2O2. The lowest BCUT2D eigenvalue weighted by Gasteiger charge is -2.12.